The van der Waals surface area contributed by atoms with E-state index in [-0.39, 0.29) is 5.91 Å². The van der Waals surface area contributed by atoms with Crippen molar-refractivity contribution in [2.45, 2.75) is 38.0 Å². The molecule has 36 heavy (non-hydrogen) atoms. The van der Waals surface area contributed by atoms with Gasteiger partial charge in [-0.25, -0.2) is 0 Å². The number of hydrogen-bond donors (Lipinski definition) is 0. The Morgan fingerprint density at radius 2 is 1.61 bits per heavy atom. The number of allylic oxidation sites excluding steroid dienone is 4. The second-order valence-corrected chi connectivity index (χ2v) is 10.0. The molecule has 6 rings (SSSR count). The summed E-state index contributed by atoms with van der Waals surface area (Å²) in [5.74, 6) is 0.487. The van der Waals surface area contributed by atoms with Crippen LogP contribution in [0.3, 0.4) is 0 Å². The fourth-order valence-corrected chi connectivity index (χ4v) is 6.02. The number of hydrogen-bond acceptors (Lipinski definition) is 2. The number of nitrogens with zero attached hydrogens (tertiary/aromatic N) is 2. The Labute approximate surface area is 214 Å². The van der Waals surface area contributed by atoms with Crippen LogP contribution < -0.4 is 4.90 Å². The van der Waals surface area contributed by atoms with Crippen LogP contribution in [0.25, 0.3) is 0 Å². The molecule has 0 saturated heterocycles. The summed E-state index contributed by atoms with van der Waals surface area (Å²) in [6, 6.07) is 27.1. The van der Waals surface area contributed by atoms with Crippen LogP contribution in [0.2, 0.25) is 0 Å². The number of aryl methyl sites for hydroxylation is 1. The van der Waals surface area contributed by atoms with Gasteiger partial charge in [0.15, 0.2) is 0 Å². The molecular formula is C33H32N2O. The highest BCUT2D eigenvalue weighted by Gasteiger charge is 2.28. The van der Waals surface area contributed by atoms with E-state index in [9.17, 15) is 4.79 Å². The Hall–Kier alpha value is -3.85. The number of amides is 1. The summed E-state index contributed by atoms with van der Waals surface area (Å²) in [5.41, 5.74) is 9.88. The van der Waals surface area contributed by atoms with Gasteiger partial charge in [0.1, 0.15) is 0 Å². The lowest BCUT2D eigenvalue weighted by Gasteiger charge is -2.23. The summed E-state index contributed by atoms with van der Waals surface area (Å²) in [6.45, 7) is 0.983. The molecule has 0 fully saturated rings. The van der Waals surface area contributed by atoms with Crippen LogP contribution in [0.4, 0.5) is 5.69 Å². The summed E-state index contributed by atoms with van der Waals surface area (Å²) in [6.07, 6.45) is 12.2. The van der Waals surface area contributed by atoms with Gasteiger partial charge in [0, 0.05) is 37.0 Å². The molecule has 1 aliphatic heterocycles. The SMILES string of the molecule is CN(C(=O)c1ccccc1)C1=C(/C=C\C2CCc3ccccc32)CC/C1=C\N1CCc2ccccc21. The first kappa shape index (κ1) is 22.6. The van der Waals surface area contributed by atoms with Crippen LogP contribution in [0.1, 0.15) is 52.2 Å². The van der Waals surface area contributed by atoms with Crippen molar-refractivity contribution in [1.82, 2.24) is 4.90 Å². The number of likely N-dealkylation sites (N-methyl/N-ethyl adjacent to an activating group) is 1. The number of carbonyl (C=O) groups excluding carboxylic acids is 1. The zero-order valence-corrected chi connectivity index (χ0v) is 20.9. The summed E-state index contributed by atoms with van der Waals surface area (Å²) in [7, 11) is 1.93. The van der Waals surface area contributed by atoms with Gasteiger partial charge in [-0.05, 0) is 78.1 Å². The first-order valence-electron chi connectivity index (χ1n) is 13.1. The van der Waals surface area contributed by atoms with Gasteiger partial charge in [0.2, 0.25) is 0 Å². The molecule has 1 unspecified atom stereocenters. The fraction of sp³-hybridized carbons (Fsp3) is 0.242. The maximum Gasteiger partial charge on any atom is 0.258 e. The minimum atomic E-state index is 0.0392. The van der Waals surface area contributed by atoms with E-state index in [2.05, 4.69) is 71.8 Å². The molecule has 0 N–H and O–H groups in total. The Kier molecular flexibility index (Phi) is 6.06. The molecule has 3 nitrogen and oxygen atoms in total. The second kappa shape index (κ2) is 9.66. The van der Waals surface area contributed by atoms with Crippen molar-refractivity contribution >= 4 is 11.6 Å². The van der Waals surface area contributed by atoms with Gasteiger partial charge >= 0.3 is 0 Å². The zero-order valence-electron chi connectivity index (χ0n) is 20.9. The van der Waals surface area contributed by atoms with Crippen LogP contribution in [0.5, 0.6) is 0 Å². The topological polar surface area (TPSA) is 23.6 Å². The molecule has 1 heterocycles. The lowest BCUT2D eigenvalue weighted by atomic mass is 9.99. The van der Waals surface area contributed by atoms with Crippen LogP contribution in [-0.4, -0.2) is 24.4 Å². The number of anilines is 1. The van der Waals surface area contributed by atoms with Gasteiger partial charge in [-0.1, -0.05) is 72.8 Å². The third-order valence-electron chi connectivity index (χ3n) is 7.88. The standard InChI is InChI=1S/C33H32N2O/c1-34(33(36)28-11-3-2-4-12-28)32-27(18-17-25-16-15-24-9-5-7-13-30(24)25)19-20-29(32)23-35-22-21-26-10-6-8-14-31(26)35/h2-14,17-18,23,25H,15-16,19-22H2,1H3/b18-17-,29-23+. The Bertz CT molecular complexity index is 1380. The molecule has 3 heteroatoms. The van der Waals surface area contributed by atoms with E-state index in [4.69, 9.17) is 0 Å². The van der Waals surface area contributed by atoms with E-state index in [1.807, 2.05) is 42.3 Å². The number of fused-ring (bicyclic) bond motifs is 2. The average molecular weight is 473 g/mol. The number of benzene rings is 3. The first-order valence-corrected chi connectivity index (χ1v) is 13.1. The molecular weight excluding hydrogens is 440 g/mol. The predicted octanol–water partition coefficient (Wildman–Crippen LogP) is 7.04. The van der Waals surface area contributed by atoms with Gasteiger partial charge in [0.05, 0.1) is 5.70 Å². The molecule has 3 aromatic rings. The minimum Gasteiger partial charge on any atom is -0.347 e. The van der Waals surface area contributed by atoms with E-state index in [0.717, 1.165) is 49.9 Å². The summed E-state index contributed by atoms with van der Waals surface area (Å²) in [4.78, 5) is 17.7. The van der Waals surface area contributed by atoms with Crippen molar-refractivity contribution in [2.24, 2.45) is 0 Å². The first-order chi connectivity index (χ1) is 17.7. The van der Waals surface area contributed by atoms with Crippen molar-refractivity contribution in [3.63, 3.8) is 0 Å². The van der Waals surface area contributed by atoms with E-state index < -0.39 is 0 Å². The van der Waals surface area contributed by atoms with Crippen LogP contribution in [0, 0.1) is 0 Å². The molecule has 1 atom stereocenters. The van der Waals surface area contributed by atoms with Gasteiger partial charge in [-0.3, -0.25) is 4.79 Å². The minimum absolute atomic E-state index is 0.0392. The molecule has 3 aromatic carbocycles. The van der Waals surface area contributed by atoms with Gasteiger partial charge in [-0.15, -0.1) is 0 Å². The average Bonchev–Trinajstić information content (AvgIpc) is 3.64. The molecule has 0 bridgehead atoms. The Balaban J connectivity index is 1.36. The van der Waals surface area contributed by atoms with Crippen molar-refractivity contribution < 1.29 is 4.79 Å². The van der Waals surface area contributed by atoms with Crippen LogP contribution in [0.15, 0.2) is 114 Å². The van der Waals surface area contributed by atoms with Gasteiger partial charge in [-0.2, -0.15) is 0 Å². The highest BCUT2D eigenvalue weighted by molar-refractivity contribution is 5.95. The molecule has 3 aliphatic rings. The van der Waals surface area contributed by atoms with Crippen LogP contribution in [-0.2, 0) is 12.8 Å². The second-order valence-electron chi connectivity index (χ2n) is 10.0. The van der Waals surface area contributed by atoms with Crippen molar-refractivity contribution in [3.8, 4) is 0 Å². The monoisotopic (exact) mass is 472 g/mol. The van der Waals surface area contributed by atoms with E-state index in [0.29, 0.717) is 5.92 Å². The Morgan fingerprint density at radius 3 is 2.47 bits per heavy atom. The molecule has 180 valence electrons. The van der Waals surface area contributed by atoms with Crippen molar-refractivity contribution in [1.29, 1.82) is 0 Å². The molecule has 2 aliphatic carbocycles. The van der Waals surface area contributed by atoms with E-state index >= 15 is 0 Å². The van der Waals surface area contributed by atoms with Gasteiger partial charge in [0.25, 0.3) is 5.91 Å². The number of rotatable bonds is 5. The third kappa shape index (κ3) is 4.19. The molecule has 1 amide bonds. The van der Waals surface area contributed by atoms with Gasteiger partial charge < -0.3 is 9.80 Å². The van der Waals surface area contributed by atoms with Crippen LogP contribution >= 0.6 is 0 Å². The van der Waals surface area contributed by atoms with Crippen molar-refractivity contribution in [2.75, 3.05) is 18.5 Å². The fourth-order valence-electron chi connectivity index (χ4n) is 6.02. The summed E-state index contributed by atoms with van der Waals surface area (Å²) < 4.78 is 0. The van der Waals surface area contributed by atoms with E-state index in [1.54, 1.807) is 0 Å². The van der Waals surface area contributed by atoms with Crippen molar-refractivity contribution in [3.05, 3.63) is 136 Å². The maximum atomic E-state index is 13.5. The normalized spacial score (nSPS) is 19.9. The largest absolute Gasteiger partial charge is 0.347 e. The number of carbonyl (C=O) groups is 1. The van der Waals surface area contributed by atoms with E-state index in [1.165, 1.54) is 33.5 Å². The third-order valence-corrected chi connectivity index (χ3v) is 7.88. The number of para-hydroxylation sites is 1. The summed E-state index contributed by atoms with van der Waals surface area (Å²) >= 11 is 0. The highest BCUT2D eigenvalue weighted by Crippen LogP contribution is 2.39. The maximum absolute atomic E-state index is 13.5. The molecule has 0 saturated carbocycles. The molecule has 0 aromatic heterocycles. The lowest BCUT2D eigenvalue weighted by molar-refractivity contribution is 0.0838. The highest BCUT2D eigenvalue weighted by atomic mass is 16.2. The lowest BCUT2D eigenvalue weighted by Crippen LogP contribution is -2.27. The smallest absolute Gasteiger partial charge is 0.258 e. The summed E-state index contributed by atoms with van der Waals surface area (Å²) in [5, 5.41) is 0. The molecule has 0 spiro atoms. The Morgan fingerprint density at radius 1 is 0.861 bits per heavy atom. The zero-order chi connectivity index (χ0) is 24.5. The quantitative estimate of drug-likeness (QED) is 0.398. The molecule has 0 radical (unpaired) electrons. The predicted molar refractivity (Wildman–Crippen MR) is 147 cm³/mol.